The van der Waals surface area contributed by atoms with Crippen molar-refractivity contribution in [3.8, 4) is 5.75 Å². The second-order valence-electron chi connectivity index (χ2n) is 6.19. The molecule has 1 aromatic carbocycles. The third-order valence-corrected chi connectivity index (χ3v) is 5.86. The maximum atomic E-state index is 12.9. The predicted octanol–water partition coefficient (Wildman–Crippen LogP) is 3.23. The van der Waals surface area contributed by atoms with Gasteiger partial charge in [0.2, 0.25) is 0 Å². The standard InChI is InChI=1S/C19H18N2O3S/c1-24-15-8-4-2-6-12(15)14(22)10-21-11-20-18-17(19(21)23)13-7-3-5-9-16(13)25-18/h2,4,6,8,11H,3,5,7,9-10H2,1H3. The van der Waals surface area contributed by atoms with E-state index in [1.807, 2.05) is 6.07 Å². The van der Waals surface area contributed by atoms with Crippen molar-refractivity contribution in [1.29, 1.82) is 0 Å². The molecule has 128 valence electrons. The van der Waals surface area contributed by atoms with Gasteiger partial charge in [0.25, 0.3) is 5.56 Å². The number of fused-ring (bicyclic) bond motifs is 3. The molecule has 0 spiro atoms. The van der Waals surface area contributed by atoms with E-state index in [1.165, 1.54) is 29.3 Å². The van der Waals surface area contributed by atoms with Crippen LogP contribution in [0, 0.1) is 0 Å². The zero-order chi connectivity index (χ0) is 17.4. The van der Waals surface area contributed by atoms with Crippen LogP contribution in [0.15, 0.2) is 35.4 Å². The number of thiophene rings is 1. The molecule has 0 bridgehead atoms. The lowest BCUT2D eigenvalue weighted by molar-refractivity contribution is 0.0967. The van der Waals surface area contributed by atoms with Crippen molar-refractivity contribution in [2.75, 3.05) is 7.11 Å². The van der Waals surface area contributed by atoms with Gasteiger partial charge in [-0.05, 0) is 43.4 Å². The number of ketones is 1. The van der Waals surface area contributed by atoms with Gasteiger partial charge in [0, 0.05) is 4.88 Å². The Labute approximate surface area is 148 Å². The zero-order valence-corrected chi connectivity index (χ0v) is 14.8. The van der Waals surface area contributed by atoms with Crippen molar-refractivity contribution in [3.05, 3.63) is 57.0 Å². The van der Waals surface area contributed by atoms with Gasteiger partial charge in [-0.25, -0.2) is 4.98 Å². The summed E-state index contributed by atoms with van der Waals surface area (Å²) in [6.07, 6.45) is 5.71. The average Bonchev–Trinajstić information content (AvgIpc) is 3.03. The highest BCUT2D eigenvalue weighted by molar-refractivity contribution is 7.18. The summed E-state index contributed by atoms with van der Waals surface area (Å²) in [6.45, 7) is -0.0350. The maximum absolute atomic E-state index is 12.9. The number of para-hydroxylation sites is 1. The minimum Gasteiger partial charge on any atom is -0.496 e. The Bertz CT molecular complexity index is 1020. The lowest BCUT2D eigenvalue weighted by Gasteiger charge is -2.11. The van der Waals surface area contributed by atoms with Gasteiger partial charge >= 0.3 is 0 Å². The van der Waals surface area contributed by atoms with Crippen LogP contribution in [0.5, 0.6) is 5.75 Å². The van der Waals surface area contributed by atoms with Gasteiger partial charge in [-0.2, -0.15) is 0 Å². The number of aromatic nitrogens is 2. The van der Waals surface area contributed by atoms with Crippen molar-refractivity contribution in [3.63, 3.8) is 0 Å². The summed E-state index contributed by atoms with van der Waals surface area (Å²) < 4.78 is 6.66. The first-order valence-corrected chi connectivity index (χ1v) is 9.16. The highest BCUT2D eigenvalue weighted by atomic mass is 32.1. The lowest BCUT2D eigenvalue weighted by atomic mass is 9.97. The van der Waals surface area contributed by atoms with Crippen LogP contribution in [0.4, 0.5) is 0 Å². The summed E-state index contributed by atoms with van der Waals surface area (Å²) >= 11 is 1.61. The van der Waals surface area contributed by atoms with Crippen molar-refractivity contribution in [1.82, 2.24) is 9.55 Å². The number of hydrogen-bond donors (Lipinski definition) is 0. The smallest absolute Gasteiger partial charge is 0.262 e. The van der Waals surface area contributed by atoms with Crippen LogP contribution in [0.2, 0.25) is 0 Å². The predicted molar refractivity (Wildman–Crippen MR) is 97.8 cm³/mol. The van der Waals surface area contributed by atoms with Gasteiger partial charge in [0.05, 0.1) is 30.9 Å². The van der Waals surface area contributed by atoms with Crippen molar-refractivity contribution >= 4 is 27.3 Å². The van der Waals surface area contributed by atoms with Crippen LogP contribution in [-0.2, 0) is 19.4 Å². The molecule has 5 nitrogen and oxygen atoms in total. The Kier molecular flexibility index (Phi) is 4.13. The second-order valence-corrected chi connectivity index (χ2v) is 7.28. The molecule has 0 amide bonds. The summed E-state index contributed by atoms with van der Waals surface area (Å²) in [5.74, 6) is 0.354. The second kappa shape index (κ2) is 6.44. The molecule has 0 N–H and O–H groups in total. The summed E-state index contributed by atoms with van der Waals surface area (Å²) in [4.78, 5) is 32.1. The molecule has 0 aliphatic heterocycles. The van der Waals surface area contributed by atoms with Crippen molar-refractivity contribution < 1.29 is 9.53 Å². The van der Waals surface area contributed by atoms with E-state index in [-0.39, 0.29) is 17.9 Å². The molecule has 0 unspecified atom stereocenters. The Balaban J connectivity index is 1.74. The molecule has 0 saturated carbocycles. The third kappa shape index (κ3) is 2.76. The van der Waals surface area contributed by atoms with Crippen LogP contribution in [-0.4, -0.2) is 22.4 Å². The number of ether oxygens (including phenoxy) is 1. The number of rotatable bonds is 4. The number of carbonyl (C=O) groups is 1. The number of aryl methyl sites for hydroxylation is 2. The molecule has 2 aromatic heterocycles. The molecule has 4 rings (SSSR count). The Hall–Kier alpha value is -2.47. The fourth-order valence-corrected chi connectivity index (χ4v) is 4.63. The molecule has 0 fully saturated rings. The summed E-state index contributed by atoms with van der Waals surface area (Å²) in [6, 6.07) is 7.06. The van der Waals surface area contributed by atoms with Gasteiger partial charge in [-0.3, -0.25) is 14.2 Å². The molecule has 1 aliphatic rings. The molecule has 0 radical (unpaired) electrons. The molecular weight excluding hydrogens is 336 g/mol. The van der Waals surface area contributed by atoms with E-state index in [2.05, 4.69) is 4.98 Å². The quantitative estimate of drug-likeness (QED) is 0.675. The van der Waals surface area contributed by atoms with E-state index in [1.54, 1.807) is 29.5 Å². The van der Waals surface area contributed by atoms with E-state index >= 15 is 0 Å². The lowest BCUT2D eigenvalue weighted by Crippen LogP contribution is -2.25. The van der Waals surface area contributed by atoms with E-state index in [0.29, 0.717) is 16.7 Å². The summed E-state index contributed by atoms with van der Waals surface area (Å²) in [5, 5.41) is 0.704. The normalized spacial score (nSPS) is 13.6. The van der Waals surface area contributed by atoms with E-state index in [9.17, 15) is 9.59 Å². The fourth-order valence-electron chi connectivity index (χ4n) is 3.41. The topological polar surface area (TPSA) is 61.2 Å². The average molecular weight is 354 g/mol. The summed E-state index contributed by atoms with van der Waals surface area (Å²) in [5.41, 5.74) is 1.50. The molecule has 0 atom stereocenters. The molecule has 3 aromatic rings. The van der Waals surface area contributed by atoms with Crippen LogP contribution in [0.25, 0.3) is 10.2 Å². The highest BCUT2D eigenvalue weighted by Gasteiger charge is 2.21. The van der Waals surface area contributed by atoms with Gasteiger partial charge in [-0.15, -0.1) is 11.3 Å². The van der Waals surface area contributed by atoms with E-state index in [0.717, 1.165) is 29.7 Å². The third-order valence-electron chi connectivity index (χ3n) is 4.66. The van der Waals surface area contributed by atoms with Crippen LogP contribution < -0.4 is 10.3 Å². The van der Waals surface area contributed by atoms with Gasteiger partial charge in [0.1, 0.15) is 10.6 Å². The van der Waals surface area contributed by atoms with Gasteiger partial charge in [-0.1, -0.05) is 12.1 Å². The van der Waals surface area contributed by atoms with Gasteiger partial charge in [0.15, 0.2) is 5.78 Å². The number of benzene rings is 1. The first kappa shape index (κ1) is 16.0. The zero-order valence-electron chi connectivity index (χ0n) is 13.9. The summed E-state index contributed by atoms with van der Waals surface area (Å²) in [7, 11) is 1.53. The van der Waals surface area contributed by atoms with Crippen molar-refractivity contribution in [2.24, 2.45) is 0 Å². The number of nitrogens with zero attached hydrogens (tertiary/aromatic N) is 2. The van der Waals surface area contributed by atoms with Gasteiger partial charge < -0.3 is 4.74 Å². The number of carbonyl (C=O) groups excluding carboxylic acids is 1. The fraction of sp³-hybridized carbons (Fsp3) is 0.316. The Morgan fingerprint density at radius 1 is 1.28 bits per heavy atom. The molecule has 6 heteroatoms. The molecule has 0 saturated heterocycles. The number of methoxy groups -OCH3 is 1. The molecule has 1 aliphatic carbocycles. The number of hydrogen-bond acceptors (Lipinski definition) is 5. The SMILES string of the molecule is COc1ccccc1C(=O)Cn1cnc2sc3c(c2c1=O)CCCC3. The minimum atomic E-state index is -0.162. The van der Waals surface area contributed by atoms with Crippen LogP contribution in [0.1, 0.15) is 33.6 Å². The van der Waals surface area contributed by atoms with E-state index in [4.69, 9.17) is 4.74 Å². The maximum Gasteiger partial charge on any atom is 0.262 e. The minimum absolute atomic E-state index is 0.0350. The van der Waals surface area contributed by atoms with E-state index < -0.39 is 0 Å². The number of Topliss-reactive ketones (excluding diaryl/α,β-unsaturated/α-hetero) is 1. The first-order chi connectivity index (χ1) is 12.2. The molecule has 25 heavy (non-hydrogen) atoms. The first-order valence-electron chi connectivity index (χ1n) is 8.35. The Morgan fingerprint density at radius 2 is 2.08 bits per heavy atom. The molecule has 2 heterocycles. The largest absolute Gasteiger partial charge is 0.496 e. The van der Waals surface area contributed by atoms with Crippen molar-refractivity contribution in [2.45, 2.75) is 32.2 Å². The Morgan fingerprint density at radius 3 is 2.92 bits per heavy atom. The monoisotopic (exact) mass is 354 g/mol. The van der Waals surface area contributed by atoms with Crippen LogP contribution >= 0.6 is 11.3 Å². The van der Waals surface area contributed by atoms with Crippen LogP contribution in [0.3, 0.4) is 0 Å². The highest BCUT2D eigenvalue weighted by Crippen LogP contribution is 2.33. The molecular formula is C19H18N2O3S.